The van der Waals surface area contributed by atoms with Crippen molar-refractivity contribution in [1.29, 1.82) is 0 Å². The second-order valence-electron chi connectivity index (χ2n) is 10.2. The van der Waals surface area contributed by atoms with Gasteiger partial charge in [-0.05, 0) is 57.2 Å². The largest absolute Gasteiger partial charge is 0.494 e. The molecule has 1 saturated carbocycles. The molecular formula is C27H36N6O3. The standard InChI is InChI=1S/C27H36N6O3/c1-5-36-21-10-8-20(9-11-21)23(19-6-7-19)28-25-22-16-33(17(2)3)26(35)24(22)29-27(30-25)32-14-12-31(13-15-32)18(4)34/h8-11,17,19,23H,5-7,12-16H2,1-4H3,(H,28,29,30)/t23-/m1/s1. The molecule has 3 heterocycles. The Labute approximate surface area is 212 Å². The minimum atomic E-state index is -0.0434. The van der Waals surface area contributed by atoms with Gasteiger partial charge in [-0.25, -0.2) is 4.98 Å². The third-order valence-corrected chi connectivity index (χ3v) is 7.35. The molecule has 5 rings (SSSR count). The molecule has 1 saturated heterocycles. The summed E-state index contributed by atoms with van der Waals surface area (Å²) >= 11 is 0. The predicted octanol–water partition coefficient (Wildman–Crippen LogP) is 3.47. The van der Waals surface area contributed by atoms with E-state index in [4.69, 9.17) is 14.7 Å². The second kappa shape index (κ2) is 9.95. The Morgan fingerprint density at radius 1 is 1.11 bits per heavy atom. The molecule has 1 N–H and O–H groups in total. The number of amides is 2. The molecule has 36 heavy (non-hydrogen) atoms. The molecular weight excluding hydrogens is 456 g/mol. The first-order valence-electron chi connectivity index (χ1n) is 13.1. The van der Waals surface area contributed by atoms with Crippen molar-refractivity contribution in [3.8, 4) is 5.75 Å². The Hall–Kier alpha value is -3.36. The number of benzene rings is 1. The number of hydrogen-bond acceptors (Lipinski definition) is 7. The maximum absolute atomic E-state index is 13.3. The molecule has 9 heteroatoms. The van der Waals surface area contributed by atoms with Crippen molar-refractivity contribution in [2.75, 3.05) is 43.0 Å². The van der Waals surface area contributed by atoms with Crippen molar-refractivity contribution >= 4 is 23.6 Å². The molecule has 0 unspecified atom stereocenters. The number of nitrogens with zero attached hydrogens (tertiary/aromatic N) is 5. The van der Waals surface area contributed by atoms with Crippen LogP contribution in [0.4, 0.5) is 11.8 Å². The highest BCUT2D eigenvalue weighted by Gasteiger charge is 2.38. The molecule has 1 aromatic carbocycles. The van der Waals surface area contributed by atoms with Gasteiger partial charge in [-0.3, -0.25) is 9.59 Å². The molecule has 0 radical (unpaired) electrons. The topological polar surface area (TPSA) is 90.9 Å². The van der Waals surface area contributed by atoms with Crippen molar-refractivity contribution in [3.05, 3.63) is 41.1 Å². The lowest BCUT2D eigenvalue weighted by atomic mass is 10.0. The summed E-state index contributed by atoms with van der Waals surface area (Å²) in [6.45, 7) is 11.3. The van der Waals surface area contributed by atoms with E-state index in [0.717, 1.165) is 30.0 Å². The molecule has 3 aliphatic rings. The van der Waals surface area contributed by atoms with E-state index in [0.29, 0.717) is 56.9 Å². The molecule has 9 nitrogen and oxygen atoms in total. The van der Waals surface area contributed by atoms with Gasteiger partial charge in [0.1, 0.15) is 17.3 Å². The Kier molecular flexibility index (Phi) is 6.73. The maximum Gasteiger partial charge on any atom is 0.273 e. The van der Waals surface area contributed by atoms with Gasteiger partial charge >= 0.3 is 0 Å². The van der Waals surface area contributed by atoms with Gasteiger partial charge < -0.3 is 24.8 Å². The van der Waals surface area contributed by atoms with E-state index >= 15 is 0 Å². The molecule has 192 valence electrons. The fourth-order valence-corrected chi connectivity index (χ4v) is 5.06. The van der Waals surface area contributed by atoms with E-state index in [9.17, 15) is 9.59 Å². The number of fused-ring (bicyclic) bond motifs is 1. The number of rotatable bonds is 8. The number of ether oxygens (including phenoxy) is 1. The van der Waals surface area contributed by atoms with E-state index in [1.54, 1.807) is 6.92 Å². The first-order valence-corrected chi connectivity index (χ1v) is 13.1. The number of anilines is 2. The van der Waals surface area contributed by atoms with Crippen LogP contribution < -0.4 is 15.0 Å². The Bertz CT molecular complexity index is 1120. The summed E-state index contributed by atoms with van der Waals surface area (Å²) in [6.07, 6.45) is 2.32. The number of nitrogens with one attached hydrogen (secondary N) is 1. The van der Waals surface area contributed by atoms with Crippen molar-refractivity contribution in [2.24, 2.45) is 5.92 Å². The lowest BCUT2D eigenvalue weighted by molar-refractivity contribution is -0.129. The summed E-state index contributed by atoms with van der Waals surface area (Å²) in [5.74, 6) is 2.72. The van der Waals surface area contributed by atoms with Gasteiger partial charge in [0.15, 0.2) is 0 Å². The number of carbonyl (C=O) groups is 2. The zero-order valence-electron chi connectivity index (χ0n) is 21.7. The van der Waals surface area contributed by atoms with Crippen molar-refractivity contribution in [2.45, 2.75) is 59.2 Å². The van der Waals surface area contributed by atoms with Crippen LogP contribution >= 0.6 is 0 Å². The summed E-state index contributed by atoms with van der Waals surface area (Å²) in [4.78, 5) is 40.6. The molecule has 0 bridgehead atoms. The van der Waals surface area contributed by atoms with Crippen molar-refractivity contribution in [3.63, 3.8) is 0 Å². The van der Waals surface area contributed by atoms with Crippen molar-refractivity contribution < 1.29 is 14.3 Å². The van der Waals surface area contributed by atoms with Gasteiger partial charge in [-0.2, -0.15) is 4.98 Å². The van der Waals surface area contributed by atoms with Gasteiger partial charge in [-0.1, -0.05) is 12.1 Å². The second-order valence-corrected chi connectivity index (χ2v) is 10.2. The van der Waals surface area contributed by atoms with Crippen LogP contribution in [0.1, 0.15) is 68.2 Å². The molecule has 1 aliphatic carbocycles. The van der Waals surface area contributed by atoms with Gasteiger partial charge in [0.05, 0.1) is 19.2 Å². The minimum Gasteiger partial charge on any atom is -0.494 e. The normalized spacial score (nSPS) is 18.5. The Morgan fingerprint density at radius 2 is 1.81 bits per heavy atom. The van der Waals surface area contributed by atoms with Crippen LogP contribution in [0.5, 0.6) is 5.75 Å². The Balaban J connectivity index is 1.47. The lowest BCUT2D eigenvalue weighted by Crippen LogP contribution is -2.48. The first-order chi connectivity index (χ1) is 17.4. The first kappa shape index (κ1) is 24.3. The lowest BCUT2D eigenvalue weighted by Gasteiger charge is -2.34. The van der Waals surface area contributed by atoms with E-state index in [-0.39, 0.29) is 23.9 Å². The molecule has 2 aromatic rings. The predicted molar refractivity (Wildman–Crippen MR) is 138 cm³/mol. The van der Waals surface area contributed by atoms with E-state index in [1.807, 2.05) is 42.7 Å². The third kappa shape index (κ3) is 4.83. The molecule has 2 fully saturated rings. The van der Waals surface area contributed by atoms with E-state index in [2.05, 4.69) is 22.3 Å². The Morgan fingerprint density at radius 3 is 2.39 bits per heavy atom. The van der Waals surface area contributed by atoms with Crippen LogP contribution in [0.25, 0.3) is 0 Å². The fraction of sp³-hybridized carbons (Fsp3) is 0.556. The van der Waals surface area contributed by atoms with Crippen LogP contribution in [0.15, 0.2) is 24.3 Å². The van der Waals surface area contributed by atoms with Gasteiger partial charge in [0.25, 0.3) is 5.91 Å². The smallest absolute Gasteiger partial charge is 0.273 e. The number of carbonyl (C=O) groups excluding carboxylic acids is 2. The summed E-state index contributed by atoms with van der Waals surface area (Å²) in [6, 6.07) is 8.46. The van der Waals surface area contributed by atoms with Gasteiger partial charge in [-0.15, -0.1) is 0 Å². The van der Waals surface area contributed by atoms with Crippen LogP contribution in [-0.2, 0) is 11.3 Å². The highest BCUT2D eigenvalue weighted by molar-refractivity contribution is 5.98. The molecule has 2 aliphatic heterocycles. The van der Waals surface area contributed by atoms with Crippen LogP contribution in [-0.4, -0.2) is 70.4 Å². The quantitative estimate of drug-likeness (QED) is 0.603. The van der Waals surface area contributed by atoms with E-state index < -0.39 is 0 Å². The zero-order valence-corrected chi connectivity index (χ0v) is 21.7. The summed E-state index contributed by atoms with van der Waals surface area (Å²) in [5.41, 5.74) is 2.55. The summed E-state index contributed by atoms with van der Waals surface area (Å²) in [7, 11) is 0. The number of piperazine rings is 1. The van der Waals surface area contributed by atoms with E-state index in [1.165, 1.54) is 5.56 Å². The monoisotopic (exact) mass is 492 g/mol. The average molecular weight is 493 g/mol. The molecule has 1 aromatic heterocycles. The molecule has 0 spiro atoms. The van der Waals surface area contributed by atoms with Crippen LogP contribution in [0, 0.1) is 5.92 Å². The molecule has 2 amide bonds. The highest BCUT2D eigenvalue weighted by Crippen LogP contribution is 2.44. The fourth-order valence-electron chi connectivity index (χ4n) is 5.06. The zero-order chi connectivity index (χ0) is 25.4. The highest BCUT2D eigenvalue weighted by atomic mass is 16.5. The van der Waals surface area contributed by atoms with Gasteiger partial charge in [0.2, 0.25) is 11.9 Å². The number of hydrogen-bond donors (Lipinski definition) is 1. The molecule has 1 atom stereocenters. The van der Waals surface area contributed by atoms with Crippen LogP contribution in [0.2, 0.25) is 0 Å². The SMILES string of the molecule is CCOc1ccc([C@H](Nc2nc(N3CCN(C(C)=O)CC3)nc3c2CN(C(C)C)C3=O)C2CC2)cc1. The van der Waals surface area contributed by atoms with Crippen LogP contribution in [0.3, 0.4) is 0 Å². The maximum atomic E-state index is 13.3. The minimum absolute atomic E-state index is 0.0434. The van der Waals surface area contributed by atoms with Crippen molar-refractivity contribution in [1.82, 2.24) is 19.8 Å². The number of aromatic nitrogens is 2. The summed E-state index contributed by atoms with van der Waals surface area (Å²) < 4.78 is 5.63. The van der Waals surface area contributed by atoms with Gasteiger partial charge in [0, 0.05) is 44.7 Å². The third-order valence-electron chi connectivity index (χ3n) is 7.35. The average Bonchev–Trinajstić information content (AvgIpc) is 3.66. The summed E-state index contributed by atoms with van der Waals surface area (Å²) in [5, 5.41) is 3.73.